The Kier molecular flexibility index (Phi) is 4.48. The highest BCUT2D eigenvalue weighted by Crippen LogP contribution is 2.49. The lowest BCUT2D eigenvalue weighted by Gasteiger charge is -2.12. The fourth-order valence-electron chi connectivity index (χ4n) is 3.54. The highest BCUT2D eigenvalue weighted by molar-refractivity contribution is 7.22. The molecule has 11 heteroatoms. The van der Waals surface area contributed by atoms with Crippen molar-refractivity contribution in [3.05, 3.63) is 35.9 Å². The molecule has 5 rings (SSSR count). The summed E-state index contributed by atoms with van der Waals surface area (Å²) in [5.74, 6) is -4.97. The van der Waals surface area contributed by atoms with Gasteiger partial charge in [0.25, 0.3) is 5.92 Å². The van der Waals surface area contributed by atoms with Gasteiger partial charge in [0.2, 0.25) is 5.91 Å². The number of carbonyl (C=O) groups excluding carboxylic acids is 1. The van der Waals surface area contributed by atoms with Gasteiger partial charge in [-0.15, -0.1) is 0 Å². The maximum atomic E-state index is 13.2. The van der Waals surface area contributed by atoms with Crippen LogP contribution in [0.4, 0.5) is 13.9 Å². The quantitative estimate of drug-likeness (QED) is 0.486. The van der Waals surface area contributed by atoms with E-state index >= 15 is 0 Å². The number of amides is 1. The smallest absolute Gasteiger partial charge is 0.260 e. The van der Waals surface area contributed by atoms with Crippen molar-refractivity contribution in [2.24, 2.45) is 5.92 Å². The molecule has 4 aromatic rings. The number of aliphatic hydroxyl groups excluding tert-OH is 1. The van der Waals surface area contributed by atoms with E-state index in [1.165, 1.54) is 6.33 Å². The van der Waals surface area contributed by atoms with Crippen LogP contribution in [-0.4, -0.2) is 41.5 Å². The number of hydrogen-bond acceptors (Lipinski definition) is 7. The Morgan fingerprint density at radius 1 is 1.39 bits per heavy atom. The molecule has 2 N–H and O–H groups in total. The first-order valence-corrected chi connectivity index (χ1v) is 10.6. The number of aromatic nitrogens is 5. The van der Waals surface area contributed by atoms with Gasteiger partial charge in [-0.05, 0) is 31.0 Å². The molecule has 0 radical (unpaired) electrons. The standard InChI is InChI=1S/C20H18F2N6O2S/c1-3-15(29)13-4-9(2)11(7-23-13)10-5-14-18(28-16(10)24-8-25-28)31-19(26-14)27-17(30)12-6-20(12,21)22/h4-5,7-8,12,15,29H,3,6H2,1-2H3,(H,26,27,30)/t12-,15-/m1/s1. The van der Waals surface area contributed by atoms with E-state index in [0.29, 0.717) is 28.1 Å². The summed E-state index contributed by atoms with van der Waals surface area (Å²) in [6.45, 7) is 3.80. The molecule has 0 bridgehead atoms. The third-order valence-electron chi connectivity index (χ3n) is 5.42. The Bertz CT molecular complexity index is 1330. The van der Waals surface area contributed by atoms with Crippen LogP contribution in [0.2, 0.25) is 0 Å². The van der Waals surface area contributed by atoms with Crippen LogP contribution in [0.1, 0.15) is 37.1 Å². The van der Waals surface area contributed by atoms with Gasteiger partial charge >= 0.3 is 0 Å². The molecule has 1 aliphatic carbocycles. The van der Waals surface area contributed by atoms with E-state index < -0.39 is 30.3 Å². The van der Waals surface area contributed by atoms with E-state index in [-0.39, 0.29) is 5.13 Å². The molecule has 0 unspecified atom stereocenters. The second-order valence-corrected chi connectivity index (χ2v) is 8.60. The molecule has 1 aliphatic rings. The van der Waals surface area contributed by atoms with E-state index in [0.717, 1.165) is 28.0 Å². The molecule has 1 saturated carbocycles. The van der Waals surface area contributed by atoms with Crippen molar-refractivity contribution >= 4 is 38.4 Å². The Labute approximate surface area is 179 Å². The van der Waals surface area contributed by atoms with Crippen molar-refractivity contribution in [3.63, 3.8) is 0 Å². The lowest BCUT2D eigenvalue weighted by atomic mass is 10.0. The maximum absolute atomic E-state index is 13.2. The lowest BCUT2D eigenvalue weighted by Crippen LogP contribution is -2.17. The molecule has 0 aliphatic heterocycles. The molecular weight excluding hydrogens is 426 g/mol. The second-order valence-electron chi connectivity index (χ2n) is 7.62. The van der Waals surface area contributed by atoms with Crippen molar-refractivity contribution in [1.82, 2.24) is 24.6 Å². The number of hydrogen-bond donors (Lipinski definition) is 2. The first kappa shape index (κ1) is 19.9. The van der Waals surface area contributed by atoms with Gasteiger partial charge in [-0.25, -0.2) is 23.3 Å². The third kappa shape index (κ3) is 3.33. The number of carbonyl (C=O) groups is 1. The number of halogens is 2. The van der Waals surface area contributed by atoms with Crippen molar-refractivity contribution in [1.29, 1.82) is 0 Å². The minimum absolute atomic E-state index is 0.230. The molecule has 1 amide bonds. The molecular formula is C20H18F2N6O2S. The molecule has 1 fully saturated rings. The van der Waals surface area contributed by atoms with Crippen molar-refractivity contribution in [2.45, 2.75) is 38.7 Å². The Morgan fingerprint density at radius 3 is 2.84 bits per heavy atom. The van der Waals surface area contributed by atoms with Crippen LogP contribution in [0.25, 0.3) is 27.1 Å². The van der Waals surface area contributed by atoms with Gasteiger partial charge in [-0.3, -0.25) is 9.78 Å². The summed E-state index contributed by atoms with van der Waals surface area (Å²) < 4.78 is 28.0. The predicted molar refractivity (Wildman–Crippen MR) is 111 cm³/mol. The predicted octanol–water partition coefficient (Wildman–Crippen LogP) is 3.75. The van der Waals surface area contributed by atoms with Gasteiger partial charge in [-0.2, -0.15) is 5.10 Å². The van der Waals surface area contributed by atoms with Crippen molar-refractivity contribution < 1.29 is 18.7 Å². The minimum Gasteiger partial charge on any atom is -0.387 e. The third-order valence-corrected chi connectivity index (χ3v) is 6.38. The number of alkyl halides is 2. The Morgan fingerprint density at radius 2 is 2.16 bits per heavy atom. The number of fused-ring (bicyclic) bond motifs is 3. The molecule has 4 aromatic heterocycles. The summed E-state index contributed by atoms with van der Waals surface area (Å²) in [7, 11) is 0. The van der Waals surface area contributed by atoms with E-state index in [9.17, 15) is 18.7 Å². The molecule has 160 valence electrons. The van der Waals surface area contributed by atoms with Crippen LogP contribution in [0, 0.1) is 12.8 Å². The molecule has 4 heterocycles. The van der Waals surface area contributed by atoms with Crippen LogP contribution >= 0.6 is 11.3 Å². The number of aryl methyl sites for hydroxylation is 1. The average molecular weight is 444 g/mol. The van der Waals surface area contributed by atoms with E-state index in [1.54, 1.807) is 10.7 Å². The molecule has 2 atom stereocenters. The largest absolute Gasteiger partial charge is 0.387 e. The minimum atomic E-state index is -2.94. The second kappa shape index (κ2) is 6.99. The number of aliphatic hydroxyl groups is 1. The zero-order valence-corrected chi connectivity index (χ0v) is 17.5. The van der Waals surface area contributed by atoms with Crippen LogP contribution in [0.15, 0.2) is 24.7 Å². The summed E-state index contributed by atoms with van der Waals surface area (Å²) >= 11 is 1.15. The fourth-order valence-corrected chi connectivity index (χ4v) is 4.45. The number of anilines is 1. The lowest BCUT2D eigenvalue weighted by molar-refractivity contribution is -0.119. The zero-order valence-electron chi connectivity index (χ0n) is 16.6. The Balaban J connectivity index is 1.57. The zero-order chi connectivity index (χ0) is 21.9. The van der Waals surface area contributed by atoms with Gasteiger partial charge in [-0.1, -0.05) is 18.3 Å². The molecule has 8 nitrogen and oxygen atoms in total. The molecule has 31 heavy (non-hydrogen) atoms. The van der Waals surface area contributed by atoms with E-state index in [2.05, 4.69) is 25.4 Å². The SMILES string of the molecule is CC[C@@H](O)c1cc(C)c(-c2cc3nc(NC(=O)[C@H]4CC4(F)F)sc3n3ncnc23)cn1. The first-order valence-electron chi connectivity index (χ1n) is 9.75. The fraction of sp³-hybridized carbons (Fsp3) is 0.350. The number of pyridine rings is 2. The molecule has 0 saturated heterocycles. The van der Waals surface area contributed by atoms with E-state index in [1.807, 2.05) is 26.0 Å². The molecule has 0 spiro atoms. The van der Waals surface area contributed by atoms with Gasteiger partial charge in [0, 0.05) is 23.7 Å². The monoisotopic (exact) mass is 444 g/mol. The number of nitrogens with one attached hydrogen (secondary N) is 1. The number of nitrogens with zero attached hydrogens (tertiary/aromatic N) is 5. The van der Waals surface area contributed by atoms with Crippen LogP contribution in [0.5, 0.6) is 0 Å². The van der Waals surface area contributed by atoms with Crippen LogP contribution < -0.4 is 5.32 Å². The van der Waals surface area contributed by atoms with Gasteiger partial charge in [0.15, 0.2) is 10.8 Å². The summed E-state index contributed by atoms with van der Waals surface area (Å²) in [6, 6.07) is 3.65. The first-order chi connectivity index (χ1) is 14.8. The summed E-state index contributed by atoms with van der Waals surface area (Å²) in [6.07, 6.45) is 2.59. The van der Waals surface area contributed by atoms with Gasteiger partial charge in [0.05, 0.1) is 11.8 Å². The summed E-state index contributed by atoms with van der Waals surface area (Å²) in [5, 5.41) is 17.1. The van der Waals surface area contributed by atoms with Crippen LogP contribution in [0.3, 0.4) is 0 Å². The topological polar surface area (TPSA) is 105 Å². The Hall–Kier alpha value is -3.05. The maximum Gasteiger partial charge on any atom is 0.260 e. The normalized spacial score (nSPS) is 18.4. The van der Waals surface area contributed by atoms with Gasteiger partial charge in [0.1, 0.15) is 22.6 Å². The van der Waals surface area contributed by atoms with Crippen LogP contribution in [-0.2, 0) is 4.79 Å². The van der Waals surface area contributed by atoms with E-state index in [4.69, 9.17) is 0 Å². The highest BCUT2D eigenvalue weighted by Gasteiger charge is 2.61. The van der Waals surface area contributed by atoms with Crippen molar-refractivity contribution in [2.75, 3.05) is 5.32 Å². The average Bonchev–Trinajstić information content (AvgIpc) is 3.09. The summed E-state index contributed by atoms with van der Waals surface area (Å²) in [5.41, 5.74) is 4.18. The highest BCUT2D eigenvalue weighted by atomic mass is 32.1. The van der Waals surface area contributed by atoms with Gasteiger partial charge < -0.3 is 10.4 Å². The molecule has 0 aromatic carbocycles. The summed E-state index contributed by atoms with van der Waals surface area (Å²) in [4.78, 5) is 25.8. The number of rotatable bonds is 5. The number of thiazole rings is 1. The van der Waals surface area contributed by atoms with Crippen molar-refractivity contribution in [3.8, 4) is 11.1 Å².